The van der Waals surface area contributed by atoms with Crippen LogP contribution in [0.5, 0.6) is 0 Å². The van der Waals surface area contributed by atoms with E-state index in [9.17, 15) is 8.42 Å². The number of hydrogen-bond donors (Lipinski definition) is 1. The lowest BCUT2D eigenvalue weighted by atomic mass is 9.94. The van der Waals surface area contributed by atoms with E-state index in [-0.39, 0.29) is 10.8 Å². The smallest absolute Gasteiger partial charge is 0.264 e. The molecule has 0 fully saturated rings. The van der Waals surface area contributed by atoms with Gasteiger partial charge < -0.3 is 4.52 Å². The summed E-state index contributed by atoms with van der Waals surface area (Å²) in [7, 11) is -3.75. The van der Waals surface area contributed by atoms with Gasteiger partial charge in [-0.1, -0.05) is 71.4 Å². The van der Waals surface area contributed by atoms with E-state index >= 15 is 0 Å². The molecule has 0 bridgehead atoms. The van der Waals surface area contributed by atoms with E-state index in [1.807, 2.05) is 30.3 Å². The van der Waals surface area contributed by atoms with Crippen LogP contribution in [0, 0.1) is 13.8 Å². The third-order valence-corrected chi connectivity index (χ3v) is 5.99. The van der Waals surface area contributed by atoms with Gasteiger partial charge in [-0.25, -0.2) is 13.1 Å². The minimum absolute atomic E-state index is 0.0938. The van der Waals surface area contributed by atoms with Gasteiger partial charge in [-0.3, -0.25) is 0 Å². The second kappa shape index (κ2) is 7.56. The molecule has 0 unspecified atom stereocenters. The van der Waals surface area contributed by atoms with Crippen molar-refractivity contribution in [3.63, 3.8) is 0 Å². The van der Waals surface area contributed by atoms with Crippen molar-refractivity contribution in [1.82, 2.24) is 5.16 Å². The van der Waals surface area contributed by atoms with Crippen molar-refractivity contribution in [2.75, 3.05) is 4.72 Å². The summed E-state index contributed by atoms with van der Waals surface area (Å²) in [5.41, 5.74) is 6.00. The highest BCUT2D eigenvalue weighted by Gasteiger charge is 2.17. The molecule has 1 N–H and O–H groups in total. The van der Waals surface area contributed by atoms with Crippen LogP contribution in [0.25, 0.3) is 22.3 Å². The Morgan fingerprint density at radius 2 is 1.34 bits per heavy atom. The van der Waals surface area contributed by atoms with Gasteiger partial charge >= 0.3 is 0 Å². The molecule has 3 aromatic carbocycles. The number of hydrogen-bond acceptors (Lipinski definition) is 4. The summed E-state index contributed by atoms with van der Waals surface area (Å²) in [6.45, 7) is 3.78. The van der Waals surface area contributed by atoms with Crippen LogP contribution in [0.1, 0.15) is 11.3 Å². The predicted octanol–water partition coefficient (Wildman–Crippen LogP) is 5.43. The van der Waals surface area contributed by atoms with E-state index in [1.54, 1.807) is 19.1 Å². The van der Waals surface area contributed by atoms with Crippen molar-refractivity contribution >= 4 is 15.9 Å². The second-order valence-electron chi connectivity index (χ2n) is 6.87. The Kier molecular flexibility index (Phi) is 4.94. The van der Waals surface area contributed by atoms with Crippen LogP contribution in [0.15, 0.2) is 88.3 Å². The SMILES string of the molecule is Cc1ccc(-c2ccccc2-c2ccc(S(=O)(=O)Nc3cc(C)no3)cc2)cc1. The van der Waals surface area contributed by atoms with E-state index in [0.29, 0.717) is 5.69 Å². The van der Waals surface area contributed by atoms with Crippen molar-refractivity contribution < 1.29 is 12.9 Å². The van der Waals surface area contributed by atoms with E-state index < -0.39 is 10.0 Å². The largest absolute Gasteiger partial charge is 0.338 e. The first-order valence-corrected chi connectivity index (χ1v) is 10.6. The topological polar surface area (TPSA) is 72.2 Å². The summed E-state index contributed by atoms with van der Waals surface area (Å²) in [6, 6.07) is 24.8. The molecular formula is C23H20N2O3S. The molecule has 1 aromatic heterocycles. The van der Waals surface area contributed by atoms with E-state index in [2.05, 4.69) is 47.1 Å². The highest BCUT2D eigenvalue weighted by molar-refractivity contribution is 7.92. The molecule has 5 nitrogen and oxygen atoms in total. The van der Waals surface area contributed by atoms with Gasteiger partial charge in [0.05, 0.1) is 10.6 Å². The number of anilines is 1. The van der Waals surface area contributed by atoms with Crippen molar-refractivity contribution in [2.24, 2.45) is 0 Å². The minimum atomic E-state index is -3.75. The van der Waals surface area contributed by atoms with Crippen LogP contribution in [-0.2, 0) is 10.0 Å². The van der Waals surface area contributed by atoms with Gasteiger partial charge in [0.2, 0.25) is 5.88 Å². The first kappa shape index (κ1) is 19.0. The van der Waals surface area contributed by atoms with Gasteiger partial charge in [0.15, 0.2) is 0 Å². The summed E-state index contributed by atoms with van der Waals surface area (Å²) >= 11 is 0. The van der Waals surface area contributed by atoms with Gasteiger partial charge in [0, 0.05) is 6.07 Å². The minimum Gasteiger partial charge on any atom is -0.338 e. The molecule has 1 heterocycles. The molecule has 146 valence electrons. The highest BCUT2D eigenvalue weighted by atomic mass is 32.2. The van der Waals surface area contributed by atoms with E-state index in [4.69, 9.17) is 4.52 Å². The fourth-order valence-electron chi connectivity index (χ4n) is 3.14. The summed E-state index contributed by atoms with van der Waals surface area (Å²) in [6.07, 6.45) is 0. The lowest BCUT2D eigenvalue weighted by molar-refractivity contribution is 0.430. The van der Waals surface area contributed by atoms with Crippen LogP contribution >= 0.6 is 0 Å². The molecule has 0 saturated heterocycles. The Labute approximate surface area is 170 Å². The summed E-state index contributed by atoms with van der Waals surface area (Å²) in [5, 5.41) is 3.69. The number of nitrogens with zero attached hydrogens (tertiary/aromatic N) is 1. The van der Waals surface area contributed by atoms with Crippen LogP contribution in [0.2, 0.25) is 0 Å². The number of aryl methyl sites for hydroxylation is 2. The molecule has 0 radical (unpaired) electrons. The van der Waals surface area contributed by atoms with Crippen LogP contribution in [0.4, 0.5) is 5.88 Å². The quantitative estimate of drug-likeness (QED) is 0.482. The molecule has 4 rings (SSSR count). The van der Waals surface area contributed by atoms with Crippen LogP contribution in [0.3, 0.4) is 0 Å². The molecule has 0 aliphatic heterocycles. The Hall–Kier alpha value is -3.38. The molecule has 0 aliphatic rings. The lowest BCUT2D eigenvalue weighted by Crippen LogP contribution is -2.12. The standard InChI is InChI=1S/C23H20N2O3S/c1-16-7-9-18(10-8-16)21-5-3-4-6-22(21)19-11-13-20(14-12-19)29(26,27)25-23-15-17(2)24-28-23/h3-15,25H,1-2H3. The number of aromatic nitrogens is 1. The first-order valence-electron chi connectivity index (χ1n) is 9.15. The maximum absolute atomic E-state index is 12.6. The normalized spacial score (nSPS) is 11.4. The Bertz CT molecular complexity index is 1240. The molecule has 29 heavy (non-hydrogen) atoms. The molecule has 0 aliphatic carbocycles. The summed E-state index contributed by atoms with van der Waals surface area (Å²) in [4.78, 5) is 0.156. The van der Waals surface area contributed by atoms with Crippen LogP contribution < -0.4 is 4.72 Å². The Morgan fingerprint density at radius 1 is 0.793 bits per heavy atom. The van der Waals surface area contributed by atoms with Crippen molar-refractivity contribution in [2.45, 2.75) is 18.7 Å². The molecule has 0 atom stereocenters. The third kappa shape index (κ3) is 4.07. The number of benzene rings is 3. The molecule has 0 amide bonds. The average molecular weight is 404 g/mol. The van der Waals surface area contributed by atoms with Crippen molar-refractivity contribution in [1.29, 1.82) is 0 Å². The van der Waals surface area contributed by atoms with Gasteiger partial charge in [0.25, 0.3) is 10.0 Å². The molecule has 0 saturated carbocycles. The average Bonchev–Trinajstić information content (AvgIpc) is 3.12. The fourth-order valence-corrected chi connectivity index (χ4v) is 4.11. The molecule has 6 heteroatoms. The maximum atomic E-state index is 12.6. The molecule has 0 spiro atoms. The third-order valence-electron chi connectivity index (χ3n) is 4.63. The summed E-state index contributed by atoms with van der Waals surface area (Å²) in [5.74, 6) is 0.0938. The van der Waals surface area contributed by atoms with Gasteiger partial charge in [-0.2, -0.15) is 0 Å². The second-order valence-corrected chi connectivity index (χ2v) is 8.56. The van der Waals surface area contributed by atoms with E-state index in [0.717, 1.165) is 22.3 Å². The maximum Gasteiger partial charge on any atom is 0.264 e. The summed E-state index contributed by atoms with van der Waals surface area (Å²) < 4.78 is 32.5. The number of rotatable bonds is 5. The number of nitrogens with one attached hydrogen (secondary N) is 1. The predicted molar refractivity (Wildman–Crippen MR) is 114 cm³/mol. The van der Waals surface area contributed by atoms with Crippen LogP contribution in [-0.4, -0.2) is 13.6 Å². The first-order chi connectivity index (χ1) is 13.9. The zero-order chi connectivity index (χ0) is 20.4. The zero-order valence-corrected chi connectivity index (χ0v) is 16.9. The zero-order valence-electron chi connectivity index (χ0n) is 16.1. The van der Waals surface area contributed by atoms with E-state index in [1.165, 1.54) is 11.6 Å². The van der Waals surface area contributed by atoms with Gasteiger partial charge in [-0.15, -0.1) is 0 Å². The number of sulfonamides is 1. The van der Waals surface area contributed by atoms with Crippen molar-refractivity contribution in [3.8, 4) is 22.3 Å². The fraction of sp³-hybridized carbons (Fsp3) is 0.0870. The Morgan fingerprint density at radius 3 is 1.86 bits per heavy atom. The van der Waals surface area contributed by atoms with Crippen molar-refractivity contribution in [3.05, 3.63) is 90.1 Å². The highest BCUT2D eigenvalue weighted by Crippen LogP contribution is 2.32. The lowest BCUT2D eigenvalue weighted by Gasteiger charge is -2.11. The van der Waals surface area contributed by atoms with Gasteiger partial charge in [-0.05, 0) is 48.2 Å². The Balaban J connectivity index is 1.66. The monoisotopic (exact) mass is 404 g/mol. The molecular weight excluding hydrogens is 384 g/mol. The molecule has 4 aromatic rings. The van der Waals surface area contributed by atoms with Gasteiger partial charge in [0.1, 0.15) is 0 Å².